The Balaban J connectivity index is 2.24. The molecule has 0 aliphatic carbocycles. The first kappa shape index (κ1) is 13.3. The average Bonchev–Trinajstić information content (AvgIpc) is 2.87. The molecular formula is C14H18N4O. The van der Waals surface area contributed by atoms with Gasteiger partial charge in [-0.3, -0.25) is 4.79 Å². The first-order valence-electron chi connectivity index (χ1n) is 6.25. The lowest BCUT2D eigenvalue weighted by Crippen LogP contribution is -2.33. The van der Waals surface area contributed by atoms with E-state index in [9.17, 15) is 4.79 Å². The Labute approximate surface area is 112 Å². The van der Waals surface area contributed by atoms with Gasteiger partial charge >= 0.3 is 0 Å². The van der Waals surface area contributed by atoms with E-state index in [1.54, 1.807) is 22.8 Å². The third-order valence-corrected chi connectivity index (χ3v) is 3.11. The highest BCUT2D eigenvalue weighted by atomic mass is 16.2. The molecule has 5 nitrogen and oxygen atoms in total. The van der Waals surface area contributed by atoms with Crippen LogP contribution in [-0.2, 0) is 0 Å². The number of nitrogens with zero attached hydrogens (tertiary/aromatic N) is 4. The van der Waals surface area contributed by atoms with Gasteiger partial charge in [-0.1, -0.05) is 22.9 Å². The van der Waals surface area contributed by atoms with Crippen molar-refractivity contribution in [1.29, 1.82) is 0 Å². The highest BCUT2D eigenvalue weighted by Crippen LogP contribution is 2.10. The summed E-state index contributed by atoms with van der Waals surface area (Å²) in [4.78, 5) is 13.7. The van der Waals surface area contributed by atoms with Crippen molar-refractivity contribution in [1.82, 2.24) is 19.9 Å². The largest absolute Gasteiger partial charge is 0.338 e. The van der Waals surface area contributed by atoms with Gasteiger partial charge in [0.2, 0.25) is 0 Å². The van der Waals surface area contributed by atoms with E-state index in [4.69, 9.17) is 0 Å². The Kier molecular flexibility index (Phi) is 3.64. The van der Waals surface area contributed by atoms with Crippen molar-refractivity contribution < 1.29 is 4.79 Å². The number of aryl methyl sites for hydroxylation is 1. The van der Waals surface area contributed by atoms with Gasteiger partial charge in [0.05, 0.1) is 11.9 Å². The van der Waals surface area contributed by atoms with E-state index in [1.807, 2.05) is 45.0 Å². The standard InChI is InChI=1S/C14H18N4O/c1-10(2)17(4)14(19)13-9-18(16-15-13)12-7-5-11(3)6-8-12/h5-10H,1-4H3. The summed E-state index contributed by atoms with van der Waals surface area (Å²) in [5.74, 6) is -0.117. The third kappa shape index (κ3) is 2.81. The molecule has 0 bridgehead atoms. The van der Waals surface area contributed by atoms with Gasteiger partial charge in [0, 0.05) is 13.1 Å². The Hall–Kier alpha value is -2.17. The average molecular weight is 258 g/mol. The van der Waals surface area contributed by atoms with Crippen LogP contribution >= 0.6 is 0 Å². The van der Waals surface area contributed by atoms with Crippen LogP contribution in [0.4, 0.5) is 0 Å². The number of amides is 1. The maximum atomic E-state index is 12.1. The fourth-order valence-corrected chi connectivity index (χ4v) is 1.60. The van der Waals surface area contributed by atoms with E-state index in [0.29, 0.717) is 5.69 Å². The first-order valence-corrected chi connectivity index (χ1v) is 6.25. The summed E-state index contributed by atoms with van der Waals surface area (Å²) in [6, 6.07) is 8.03. The van der Waals surface area contributed by atoms with Crippen LogP contribution in [0.3, 0.4) is 0 Å². The van der Waals surface area contributed by atoms with Crippen LogP contribution in [0.2, 0.25) is 0 Å². The molecule has 1 aromatic carbocycles. The minimum atomic E-state index is -0.117. The Morgan fingerprint density at radius 3 is 2.47 bits per heavy atom. The molecule has 0 N–H and O–H groups in total. The maximum Gasteiger partial charge on any atom is 0.276 e. The van der Waals surface area contributed by atoms with Crippen LogP contribution in [-0.4, -0.2) is 38.9 Å². The molecule has 0 fully saturated rings. The maximum absolute atomic E-state index is 12.1. The van der Waals surface area contributed by atoms with Crippen LogP contribution in [0.1, 0.15) is 29.9 Å². The molecule has 2 rings (SSSR count). The van der Waals surface area contributed by atoms with E-state index in [1.165, 1.54) is 5.56 Å². The van der Waals surface area contributed by atoms with Crippen LogP contribution in [0, 0.1) is 6.92 Å². The molecule has 19 heavy (non-hydrogen) atoms. The van der Waals surface area contributed by atoms with Crippen LogP contribution < -0.4 is 0 Å². The molecule has 1 amide bonds. The minimum absolute atomic E-state index is 0.117. The summed E-state index contributed by atoms with van der Waals surface area (Å²) < 4.78 is 1.61. The zero-order valence-electron chi connectivity index (χ0n) is 11.7. The van der Waals surface area contributed by atoms with E-state index in [2.05, 4.69) is 10.3 Å². The summed E-state index contributed by atoms with van der Waals surface area (Å²) in [6.45, 7) is 5.95. The van der Waals surface area contributed by atoms with Gasteiger partial charge in [-0.25, -0.2) is 4.68 Å². The predicted molar refractivity (Wildman–Crippen MR) is 73.3 cm³/mol. The van der Waals surface area contributed by atoms with Gasteiger partial charge in [-0.05, 0) is 32.9 Å². The quantitative estimate of drug-likeness (QED) is 0.846. The summed E-state index contributed by atoms with van der Waals surface area (Å²) in [5.41, 5.74) is 2.43. The van der Waals surface area contributed by atoms with Gasteiger partial charge in [-0.2, -0.15) is 0 Å². The number of aromatic nitrogens is 3. The normalized spacial score (nSPS) is 10.8. The molecule has 5 heteroatoms. The molecule has 2 aromatic rings. The van der Waals surface area contributed by atoms with Crippen molar-refractivity contribution in [2.45, 2.75) is 26.8 Å². The number of carbonyl (C=O) groups is 1. The number of carbonyl (C=O) groups excluding carboxylic acids is 1. The van der Waals surface area contributed by atoms with Gasteiger partial charge in [0.1, 0.15) is 0 Å². The van der Waals surface area contributed by atoms with E-state index in [0.717, 1.165) is 5.69 Å². The van der Waals surface area contributed by atoms with E-state index in [-0.39, 0.29) is 11.9 Å². The predicted octanol–water partition coefficient (Wildman–Crippen LogP) is 2.06. The monoisotopic (exact) mass is 258 g/mol. The molecule has 0 radical (unpaired) electrons. The zero-order valence-corrected chi connectivity index (χ0v) is 11.7. The fraction of sp³-hybridized carbons (Fsp3) is 0.357. The van der Waals surface area contributed by atoms with Gasteiger partial charge in [0.15, 0.2) is 5.69 Å². The molecule has 0 unspecified atom stereocenters. The topological polar surface area (TPSA) is 51.0 Å². The summed E-state index contributed by atoms with van der Waals surface area (Å²) in [5, 5.41) is 7.94. The number of hydrogen-bond donors (Lipinski definition) is 0. The van der Waals surface area contributed by atoms with E-state index < -0.39 is 0 Å². The molecule has 100 valence electrons. The molecule has 0 saturated carbocycles. The second-order valence-corrected chi connectivity index (χ2v) is 4.89. The molecule has 1 heterocycles. The second-order valence-electron chi connectivity index (χ2n) is 4.89. The Morgan fingerprint density at radius 2 is 1.89 bits per heavy atom. The van der Waals surface area contributed by atoms with Crippen LogP contribution in [0.25, 0.3) is 5.69 Å². The third-order valence-electron chi connectivity index (χ3n) is 3.11. The van der Waals surface area contributed by atoms with Gasteiger partial charge in [-0.15, -0.1) is 5.10 Å². The summed E-state index contributed by atoms with van der Waals surface area (Å²) in [7, 11) is 1.76. The van der Waals surface area contributed by atoms with Crippen molar-refractivity contribution in [3.63, 3.8) is 0 Å². The minimum Gasteiger partial charge on any atom is -0.338 e. The van der Waals surface area contributed by atoms with Crippen molar-refractivity contribution in [2.24, 2.45) is 0 Å². The Bertz CT molecular complexity index is 571. The number of benzene rings is 1. The molecule has 1 aromatic heterocycles. The SMILES string of the molecule is Cc1ccc(-n2cc(C(=O)N(C)C(C)C)nn2)cc1. The smallest absolute Gasteiger partial charge is 0.276 e. The van der Waals surface area contributed by atoms with Crippen LogP contribution in [0.15, 0.2) is 30.5 Å². The lowest BCUT2D eigenvalue weighted by atomic mass is 10.2. The van der Waals surface area contributed by atoms with E-state index >= 15 is 0 Å². The summed E-state index contributed by atoms with van der Waals surface area (Å²) in [6.07, 6.45) is 1.66. The zero-order chi connectivity index (χ0) is 14.0. The molecular weight excluding hydrogens is 240 g/mol. The highest BCUT2D eigenvalue weighted by molar-refractivity contribution is 5.92. The van der Waals surface area contributed by atoms with Crippen molar-refractivity contribution in [2.75, 3.05) is 7.05 Å². The van der Waals surface area contributed by atoms with Crippen molar-refractivity contribution >= 4 is 5.91 Å². The van der Waals surface area contributed by atoms with Gasteiger partial charge in [0.25, 0.3) is 5.91 Å². The number of hydrogen-bond acceptors (Lipinski definition) is 3. The number of rotatable bonds is 3. The molecule has 0 saturated heterocycles. The van der Waals surface area contributed by atoms with Crippen LogP contribution in [0.5, 0.6) is 0 Å². The van der Waals surface area contributed by atoms with Crippen molar-refractivity contribution in [3.05, 3.63) is 41.7 Å². The molecule has 0 aliphatic heterocycles. The first-order chi connectivity index (χ1) is 8.99. The lowest BCUT2D eigenvalue weighted by molar-refractivity contribution is 0.0749. The second kappa shape index (κ2) is 5.22. The van der Waals surface area contributed by atoms with Gasteiger partial charge < -0.3 is 4.90 Å². The molecule has 0 atom stereocenters. The Morgan fingerprint density at radius 1 is 1.26 bits per heavy atom. The molecule has 0 aliphatic rings. The van der Waals surface area contributed by atoms with Crippen molar-refractivity contribution in [3.8, 4) is 5.69 Å². The molecule has 0 spiro atoms. The lowest BCUT2D eigenvalue weighted by Gasteiger charge is -2.19. The highest BCUT2D eigenvalue weighted by Gasteiger charge is 2.18. The summed E-state index contributed by atoms with van der Waals surface area (Å²) >= 11 is 0. The fourth-order valence-electron chi connectivity index (χ4n) is 1.60.